The van der Waals surface area contributed by atoms with Gasteiger partial charge < -0.3 is 4.90 Å². The molecule has 1 fully saturated rings. The average Bonchev–Trinajstić information content (AvgIpc) is 2.59. The molecule has 2 aliphatic carbocycles. The van der Waals surface area contributed by atoms with Gasteiger partial charge in [-0.15, -0.1) is 0 Å². The van der Waals surface area contributed by atoms with E-state index in [0.29, 0.717) is 13.1 Å². The van der Waals surface area contributed by atoms with Crippen LogP contribution in [0.2, 0.25) is 0 Å². The van der Waals surface area contributed by atoms with E-state index in [1.165, 1.54) is 0 Å². The number of nitriles is 1. The van der Waals surface area contributed by atoms with Crippen LogP contribution in [0, 0.1) is 40.4 Å². The minimum absolute atomic E-state index is 0.0201. The van der Waals surface area contributed by atoms with Crippen LogP contribution in [0.4, 0.5) is 0 Å². The topological polar surface area (TPSA) is 61.2 Å². The summed E-state index contributed by atoms with van der Waals surface area (Å²) in [4.78, 5) is 27.9. The van der Waals surface area contributed by atoms with Gasteiger partial charge in [0.15, 0.2) is 5.78 Å². The van der Waals surface area contributed by atoms with Crippen molar-refractivity contribution in [1.29, 1.82) is 5.26 Å². The summed E-state index contributed by atoms with van der Waals surface area (Å²) >= 11 is 0. The lowest BCUT2D eigenvalue weighted by Crippen LogP contribution is -2.60. The van der Waals surface area contributed by atoms with Crippen molar-refractivity contribution >= 4 is 11.7 Å². The molecule has 4 nitrogen and oxygen atoms in total. The van der Waals surface area contributed by atoms with Crippen LogP contribution in [0.5, 0.6) is 0 Å². The summed E-state index contributed by atoms with van der Waals surface area (Å²) in [6.07, 6.45) is 10.7. The van der Waals surface area contributed by atoms with Crippen molar-refractivity contribution in [3.63, 3.8) is 0 Å². The number of nitrogens with zero attached hydrogens (tertiary/aromatic N) is 2. The maximum atomic E-state index is 13.5. The number of piperidine rings is 1. The smallest absolute Gasteiger partial charge is 0.233 e. The summed E-state index contributed by atoms with van der Waals surface area (Å²) in [5.74, 6) is -0.202. The van der Waals surface area contributed by atoms with Crippen LogP contribution in [0.1, 0.15) is 27.2 Å². The molecule has 126 valence electrons. The zero-order chi connectivity index (χ0) is 17.5. The third-order valence-electron chi connectivity index (χ3n) is 6.11. The van der Waals surface area contributed by atoms with Crippen molar-refractivity contribution in [3.8, 4) is 6.07 Å². The van der Waals surface area contributed by atoms with Crippen molar-refractivity contribution in [2.45, 2.75) is 27.2 Å². The highest BCUT2D eigenvalue weighted by Crippen LogP contribution is 2.54. The highest BCUT2D eigenvalue weighted by atomic mass is 16.2. The van der Waals surface area contributed by atoms with Crippen LogP contribution in [0.25, 0.3) is 0 Å². The molecule has 0 spiro atoms. The largest absolute Gasteiger partial charge is 0.342 e. The summed E-state index contributed by atoms with van der Waals surface area (Å²) in [6, 6.07) is 2.05. The maximum Gasteiger partial charge on any atom is 0.233 e. The number of fused-ring (bicyclic) bond motifs is 1. The van der Waals surface area contributed by atoms with Gasteiger partial charge in [0, 0.05) is 24.9 Å². The molecule has 4 heteroatoms. The molecular weight excluding hydrogens is 300 g/mol. The lowest BCUT2D eigenvalue weighted by Gasteiger charge is -2.53. The Morgan fingerprint density at radius 2 is 2.00 bits per heavy atom. The molecule has 1 aliphatic heterocycles. The number of likely N-dealkylation sites (tertiary alicyclic amines) is 1. The number of allylic oxidation sites excluding steroid dienone is 5. The fraction of sp³-hybridized carbons (Fsp3) is 0.550. The second-order valence-electron chi connectivity index (χ2n) is 7.19. The van der Waals surface area contributed by atoms with E-state index in [1.807, 2.05) is 37.0 Å². The number of rotatable bonds is 2. The van der Waals surface area contributed by atoms with Crippen LogP contribution in [0.15, 0.2) is 36.0 Å². The fourth-order valence-corrected chi connectivity index (χ4v) is 4.83. The van der Waals surface area contributed by atoms with E-state index in [0.717, 1.165) is 6.42 Å². The summed E-state index contributed by atoms with van der Waals surface area (Å²) in [7, 11) is 0. The normalized spacial score (nSPS) is 38.6. The molecule has 24 heavy (non-hydrogen) atoms. The molecule has 1 heterocycles. The minimum atomic E-state index is -0.784. The molecule has 5 atom stereocenters. The molecule has 1 saturated heterocycles. The van der Waals surface area contributed by atoms with Crippen LogP contribution in [-0.4, -0.2) is 29.7 Å². The lowest BCUT2D eigenvalue weighted by molar-refractivity contribution is -0.155. The van der Waals surface area contributed by atoms with Gasteiger partial charge >= 0.3 is 0 Å². The van der Waals surface area contributed by atoms with Gasteiger partial charge in [-0.2, -0.15) is 5.26 Å². The number of Topliss-reactive ketones (excluding diaryl/α,β-unsaturated/α-hetero) is 1. The standard InChI is InChI=1S/C20H24N2O2/c1-4-22-10-9-17-14(3)18(23)15(12-21)11-20(17,19(22)24)16-8-6-5-7-13(16)2/h5-8,11,13-14,16-17H,4,9-10H2,1-3H3/t13?,14-,16?,17-,20+/m0/s1. The Morgan fingerprint density at radius 3 is 2.62 bits per heavy atom. The van der Waals surface area contributed by atoms with Crippen LogP contribution < -0.4 is 0 Å². The molecule has 0 aromatic carbocycles. The van der Waals surface area contributed by atoms with Crippen molar-refractivity contribution in [3.05, 3.63) is 36.0 Å². The fourth-order valence-electron chi connectivity index (χ4n) is 4.83. The number of carbonyl (C=O) groups is 2. The summed E-state index contributed by atoms with van der Waals surface area (Å²) in [6.45, 7) is 7.32. The van der Waals surface area contributed by atoms with Crippen molar-refractivity contribution in [2.75, 3.05) is 13.1 Å². The number of carbonyl (C=O) groups excluding carboxylic acids is 2. The second-order valence-corrected chi connectivity index (χ2v) is 7.19. The van der Waals surface area contributed by atoms with Gasteiger partial charge in [0.25, 0.3) is 0 Å². The molecule has 0 aromatic heterocycles. The van der Waals surface area contributed by atoms with E-state index >= 15 is 0 Å². The van der Waals surface area contributed by atoms with E-state index in [1.54, 1.807) is 6.08 Å². The highest BCUT2D eigenvalue weighted by molar-refractivity contribution is 6.04. The number of hydrogen-bond acceptors (Lipinski definition) is 3. The number of hydrogen-bond donors (Lipinski definition) is 0. The SMILES string of the molecule is CCN1CC[C@H]2[C@H](C)C(=O)C(C#N)=C[C@]2(C2C=CC=CC2C)C1=O. The van der Waals surface area contributed by atoms with E-state index in [-0.39, 0.29) is 40.9 Å². The third kappa shape index (κ3) is 2.18. The first-order chi connectivity index (χ1) is 11.5. The van der Waals surface area contributed by atoms with Crippen molar-refractivity contribution in [1.82, 2.24) is 4.90 Å². The maximum absolute atomic E-state index is 13.5. The predicted octanol–water partition coefficient (Wildman–Crippen LogP) is 2.89. The van der Waals surface area contributed by atoms with Crippen LogP contribution >= 0.6 is 0 Å². The quantitative estimate of drug-likeness (QED) is 0.784. The Balaban J connectivity index is 2.22. The molecule has 2 unspecified atom stereocenters. The van der Waals surface area contributed by atoms with Crippen LogP contribution in [-0.2, 0) is 9.59 Å². The number of ketones is 1. The van der Waals surface area contributed by atoms with Gasteiger partial charge in [0.05, 0.1) is 11.0 Å². The average molecular weight is 324 g/mol. The Labute approximate surface area is 143 Å². The molecule has 0 bridgehead atoms. The van der Waals surface area contributed by atoms with Gasteiger partial charge in [-0.1, -0.05) is 38.2 Å². The Morgan fingerprint density at radius 1 is 1.29 bits per heavy atom. The molecule has 0 N–H and O–H groups in total. The minimum Gasteiger partial charge on any atom is -0.342 e. The van der Waals surface area contributed by atoms with Gasteiger partial charge in [-0.25, -0.2) is 0 Å². The van der Waals surface area contributed by atoms with E-state index < -0.39 is 5.41 Å². The Hall–Kier alpha value is -2.15. The summed E-state index contributed by atoms with van der Waals surface area (Å²) in [5, 5.41) is 9.46. The highest BCUT2D eigenvalue weighted by Gasteiger charge is 2.59. The van der Waals surface area contributed by atoms with Gasteiger partial charge in [-0.05, 0) is 31.3 Å². The number of amides is 1. The molecule has 3 aliphatic rings. The second kappa shape index (κ2) is 6.05. The Kier molecular flexibility index (Phi) is 4.21. The zero-order valence-electron chi connectivity index (χ0n) is 14.5. The van der Waals surface area contributed by atoms with Gasteiger partial charge in [-0.3, -0.25) is 9.59 Å². The molecular formula is C20H24N2O2. The lowest BCUT2D eigenvalue weighted by atomic mass is 9.52. The first-order valence-electron chi connectivity index (χ1n) is 8.78. The van der Waals surface area contributed by atoms with Crippen molar-refractivity contribution < 1.29 is 9.59 Å². The van der Waals surface area contributed by atoms with E-state index in [9.17, 15) is 14.9 Å². The van der Waals surface area contributed by atoms with Gasteiger partial charge in [0.1, 0.15) is 6.07 Å². The molecule has 0 radical (unpaired) electrons. The van der Waals surface area contributed by atoms with E-state index in [4.69, 9.17) is 0 Å². The first kappa shape index (κ1) is 16.7. The molecule has 1 amide bonds. The van der Waals surface area contributed by atoms with Crippen molar-refractivity contribution in [2.24, 2.45) is 29.1 Å². The molecule has 3 rings (SSSR count). The third-order valence-corrected chi connectivity index (χ3v) is 6.11. The molecule has 0 aromatic rings. The first-order valence-corrected chi connectivity index (χ1v) is 8.78. The summed E-state index contributed by atoms with van der Waals surface area (Å²) < 4.78 is 0. The predicted molar refractivity (Wildman–Crippen MR) is 91.6 cm³/mol. The summed E-state index contributed by atoms with van der Waals surface area (Å²) in [5.41, 5.74) is -0.631. The van der Waals surface area contributed by atoms with Crippen LogP contribution in [0.3, 0.4) is 0 Å². The zero-order valence-corrected chi connectivity index (χ0v) is 14.5. The van der Waals surface area contributed by atoms with Gasteiger partial charge in [0.2, 0.25) is 5.91 Å². The monoisotopic (exact) mass is 324 g/mol. The van der Waals surface area contributed by atoms with E-state index in [2.05, 4.69) is 19.1 Å². The Bertz CT molecular complexity index is 697. The molecule has 0 saturated carbocycles.